The van der Waals surface area contributed by atoms with Gasteiger partial charge in [0.2, 0.25) is 0 Å². The number of hydrogen-bond acceptors (Lipinski definition) is 1. The van der Waals surface area contributed by atoms with E-state index in [0.29, 0.717) is 0 Å². The third kappa shape index (κ3) is 2.51. The van der Waals surface area contributed by atoms with E-state index in [2.05, 4.69) is 5.32 Å². The maximum absolute atomic E-state index is 13.3. The molecule has 0 saturated carbocycles. The second kappa shape index (κ2) is 4.51. The third-order valence-electron chi connectivity index (χ3n) is 2.02. The third-order valence-corrected chi connectivity index (χ3v) is 2.02. The van der Waals surface area contributed by atoms with Gasteiger partial charge in [-0.1, -0.05) is 19.9 Å². The molecule has 0 aromatic heterocycles. The van der Waals surface area contributed by atoms with E-state index in [1.807, 2.05) is 13.8 Å². The van der Waals surface area contributed by atoms with Gasteiger partial charge in [0.25, 0.3) is 0 Å². The van der Waals surface area contributed by atoms with Crippen molar-refractivity contribution in [3.05, 3.63) is 35.4 Å². The van der Waals surface area contributed by atoms with Crippen LogP contribution in [-0.4, -0.2) is 6.04 Å². The summed E-state index contributed by atoms with van der Waals surface area (Å²) in [7, 11) is 0. The molecule has 0 fully saturated rings. The predicted molar refractivity (Wildman–Crippen MR) is 53.0 cm³/mol. The van der Waals surface area contributed by atoms with E-state index >= 15 is 0 Å². The van der Waals surface area contributed by atoms with Crippen molar-refractivity contribution in [3.8, 4) is 0 Å². The first kappa shape index (κ1) is 11.1. The first-order chi connectivity index (χ1) is 6.52. The molecule has 78 valence electrons. The number of hydrogen-bond donors (Lipinski definition) is 1. The second-order valence-electron chi connectivity index (χ2n) is 3.68. The molecule has 14 heavy (non-hydrogen) atoms. The fourth-order valence-electron chi connectivity index (χ4n) is 1.51. The van der Waals surface area contributed by atoms with E-state index in [0.717, 1.165) is 0 Å². The molecule has 1 nitrogen and oxygen atoms in total. The fraction of sp³-hybridized carbons (Fsp3) is 0.455. The zero-order valence-electron chi connectivity index (χ0n) is 8.64. The fourth-order valence-corrected chi connectivity index (χ4v) is 1.51. The molecule has 0 heterocycles. The van der Waals surface area contributed by atoms with Gasteiger partial charge in [0, 0.05) is 17.6 Å². The van der Waals surface area contributed by atoms with E-state index in [1.54, 1.807) is 6.92 Å². The number of rotatable bonds is 3. The minimum atomic E-state index is -0.495. The highest BCUT2D eigenvalue weighted by Gasteiger charge is 2.15. The van der Waals surface area contributed by atoms with Gasteiger partial charge in [-0.3, -0.25) is 0 Å². The van der Waals surface area contributed by atoms with Crippen molar-refractivity contribution < 1.29 is 8.78 Å². The maximum Gasteiger partial charge on any atom is 0.130 e. The van der Waals surface area contributed by atoms with Gasteiger partial charge in [-0.05, 0) is 19.1 Å². The molecular formula is C11H15F2N. The summed E-state index contributed by atoms with van der Waals surface area (Å²) < 4.78 is 26.5. The molecule has 0 aliphatic carbocycles. The van der Waals surface area contributed by atoms with Crippen LogP contribution in [-0.2, 0) is 0 Å². The molecule has 0 saturated heterocycles. The minimum absolute atomic E-state index is 0.112. The van der Waals surface area contributed by atoms with Crippen molar-refractivity contribution in [1.82, 2.24) is 5.32 Å². The highest BCUT2D eigenvalue weighted by atomic mass is 19.1. The van der Waals surface area contributed by atoms with Gasteiger partial charge in [0.1, 0.15) is 11.6 Å². The molecule has 1 N–H and O–H groups in total. The highest BCUT2D eigenvalue weighted by molar-refractivity contribution is 5.22. The Bertz CT molecular complexity index is 290. The largest absolute Gasteiger partial charge is 0.308 e. The molecule has 0 aliphatic rings. The van der Waals surface area contributed by atoms with Crippen LogP contribution in [0.3, 0.4) is 0 Å². The molecule has 3 heteroatoms. The van der Waals surface area contributed by atoms with Gasteiger partial charge in [-0.25, -0.2) is 8.78 Å². The van der Waals surface area contributed by atoms with Gasteiger partial charge < -0.3 is 5.32 Å². The summed E-state index contributed by atoms with van der Waals surface area (Å²) in [6, 6.07) is 3.81. The van der Waals surface area contributed by atoms with Crippen LogP contribution in [0.4, 0.5) is 8.78 Å². The normalized spacial score (nSPS) is 13.3. The van der Waals surface area contributed by atoms with E-state index in [-0.39, 0.29) is 17.6 Å². The van der Waals surface area contributed by atoms with Crippen LogP contribution < -0.4 is 5.32 Å². The van der Waals surface area contributed by atoms with E-state index < -0.39 is 11.6 Å². The quantitative estimate of drug-likeness (QED) is 0.789. The monoisotopic (exact) mass is 199 g/mol. The molecule has 1 atom stereocenters. The molecule has 0 aliphatic heterocycles. The van der Waals surface area contributed by atoms with Crippen molar-refractivity contribution in [3.63, 3.8) is 0 Å². The molecule has 1 unspecified atom stereocenters. The Balaban J connectivity index is 2.94. The number of benzene rings is 1. The molecule has 1 aromatic carbocycles. The van der Waals surface area contributed by atoms with Crippen LogP contribution in [0.5, 0.6) is 0 Å². The molecule has 0 amide bonds. The first-order valence-corrected chi connectivity index (χ1v) is 4.72. The van der Waals surface area contributed by atoms with Crippen molar-refractivity contribution in [2.45, 2.75) is 32.9 Å². The summed E-state index contributed by atoms with van der Waals surface area (Å²) in [4.78, 5) is 0. The first-order valence-electron chi connectivity index (χ1n) is 4.72. The summed E-state index contributed by atoms with van der Waals surface area (Å²) in [5, 5.41) is 3.06. The summed E-state index contributed by atoms with van der Waals surface area (Å²) in [5.74, 6) is -0.990. The second-order valence-corrected chi connectivity index (χ2v) is 3.68. The van der Waals surface area contributed by atoms with Crippen molar-refractivity contribution in [1.29, 1.82) is 0 Å². The lowest BCUT2D eigenvalue weighted by atomic mass is 10.1. The van der Waals surface area contributed by atoms with Crippen LogP contribution in [0.25, 0.3) is 0 Å². The Labute approximate surface area is 83.1 Å². The van der Waals surface area contributed by atoms with Crippen molar-refractivity contribution in [2.24, 2.45) is 0 Å². The van der Waals surface area contributed by atoms with Gasteiger partial charge >= 0.3 is 0 Å². The molecule has 0 radical (unpaired) electrons. The van der Waals surface area contributed by atoms with Crippen molar-refractivity contribution in [2.75, 3.05) is 0 Å². The zero-order chi connectivity index (χ0) is 10.7. The van der Waals surface area contributed by atoms with Crippen LogP contribution in [0.1, 0.15) is 32.4 Å². The Morgan fingerprint density at radius 1 is 1.07 bits per heavy atom. The SMILES string of the molecule is CC(C)NC(C)c1c(F)cccc1F. The van der Waals surface area contributed by atoms with Gasteiger partial charge in [-0.15, -0.1) is 0 Å². The maximum atomic E-state index is 13.3. The Kier molecular flexibility index (Phi) is 3.58. The molecular weight excluding hydrogens is 184 g/mol. The topological polar surface area (TPSA) is 12.0 Å². The van der Waals surface area contributed by atoms with E-state index in [4.69, 9.17) is 0 Å². The van der Waals surface area contributed by atoms with Crippen LogP contribution >= 0.6 is 0 Å². The lowest BCUT2D eigenvalue weighted by molar-refractivity contribution is 0.457. The van der Waals surface area contributed by atoms with Crippen LogP contribution in [0.15, 0.2) is 18.2 Å². The molecule has 1 aromatic rings. The summed E-state index contributed by atoms with van der Waals surface area (Å²) in [5.41, 5.74) is 0.112. The van der Waals surface area contributed by atoms with Gasteiger partial charge in [0.05, 0.1) is 0 Å². The molecule has 0 spiro atoms. The van der Waals surface area contributed by atoms with E-state index in [1.165, 1.54) is 18.2 Å². The van der Waals surface area contributed by atoms with Crippen molar-refractivity contribution >= 4 is 0 Å². The van der Waals surface area contributed by atoms with Gasteiger partial charge in [-0.2, -0.15) is 0 Å². The van der Waals surface area contributed by atoms with Gasteiger partial charge in [0.15, 0.2) is 0 Å². The zero-order valence-corrected chi connectivity index (χ0v) is 8.64. The Morgan fingerprint density at radius 3 is 2.00 bits per heavy atom. The summed E-state index contributed by atoms with van der Waals surface area (Å²) >= 11 is 0. The van der Waals surface area contributed by atoms with Crippen LogP contribution in [0.2, 0.25) is 0 Å². The predicted octanol–water partition coefficient (Wildman–Crippen LogP) is 3.02. The smallest absolute Gasteiger partial charge is 0.130 e. The molecule has 0 bridgehead atoms. The highest BCUT2D eigenvalue weighted by Crippen LogP contribution is 2.20. The summed E-state index contributed by atoms with van der Waals surface area (Å²) in [6.07, 6.45) is 0. The number of halogens is 2. The van der Waals surface area contributed by atoms with Crippen LogP contribution in [0, 0.1) is 11.6 Å². The minimum Gasteiger partial charge on any atom is -0.308 e. The standard InChI is InChI=1S/C11H15F2N/c1-7(2)14-8(3)11-9(12)5-4-6-10(11)13/h4-8,14H,1-3H3. The lowest BCUT2D eigenvalue weighted by Crippen LogP contribution is -2.27. The molecule has 1 rings (SSSR count). The Morgan fingerprint density at radius 2 is 1.57 bits per heavy atom. The lowest BCUT2D eigenvalue weighted by Gasteiger charge is -2.18. The average Bonchev–Trinajstić information content (AvgIpc) is 2.01. The van der Waals surface area contributed by atoms with E-state index in [9.17, 15) is 8.78 Å². The Hall–Kier alpha value is -0.960. The average molecular weight is 199 g/mol. The number of nitrogens with one attached hydrogen (secondary N) is 1. The summed E-state index contributed by atoms with van der Waals surface area (Å²) in [6.45, 7) is 5.63.